The Kier molecular flexibility index (Phi) is 5.07. The summed E-state index contributed by atoms with van der Waals surface area (Å²) in [6.45, 7) is 6.89. The summed E-state index contributed by atoms with van der Waals surface area (Å²) < 4.78 is 10.2. The number of rotatable bonds is 7. The van der Waals surface area contributed by atoms with Gasteiger partial charge in [-0.15, -0.1) is 6.58 Å². The highest BCUT2D eigenvalue weighted by atomic mass is 16.5. The molecule has 2 aromatic rings. The Bertz CT molecular complexity index is 753. The van der Waals surface area contributed by atoms with Gasteiger partial charge < -0.3 is 19.7 Å². The first-order valence-corrected chi connectivity index (χ1v) is 6.90. The Morgan fingerprint density at radius 3 is 2.91 bits per heavy atom. The molecule has 1 atom stereocenters. The summed E-state index contributed by atoms with van der Waals surface area (Å²) in [5, 5.41) is 15.9. The van der Waals surface area contributed by atoms with Crippen LogP contribution in [-0.4, -0.2) is 46.4 Å². The van der Waals surface area contributed by atoms with E-state index in [0.29, 0.717) is 16.8 Å². The lowest BCUT2D eigenvalue weighted by molar-refractivity contribution is -0.140. The van der Waals surface area contributed by atoms with Crippen molar-refractivity contribution in [2.75, 3.05) is 13.2 Å². The van der Waals surface area contributed by atoms with E-state index in [1.807, 2.05) is 0 Å². The van der Waals surface area contributed by atoms with E-state index in [9.17, 15) is 14.7 Å². The van der Waals surface area contributed by atoms with Crippen molar-refractivity contribution in [3.63, 3.8) is 0 Å². The van der Waals surface area contributed by atoms with Crippen LogP contribution in [-0.2, 0) is 9.53 Å². The first kappa shape index (κ1) is 16.6. The molecule has 8 heteroatoms. The van der Waals surface area contributed by atoms with Crippen molar-refractivity contribution in [2.24, 2.45) is 0 Å². The summed E-state index contributed by atoms with van der Waals surface area (Å²) in [6.07, 6.45) is 1.50. The maximum Gasteiger partial charge on any atom is 0.328 e. The summed E-state index contributed by atoms with van der Waals surface area (Å²) in [5.74, 6) is -1.74. The fraction of sp³-hybridized carbons (Fsp3) is 0.333. The molecular weight excluding hydrogens is 302 g/mol. The standard InChI is InChI=1S/C15H17N3O5/c1-4-5-22-7-11(15(20)21)17-13(19)10-6-8(2)16-14-12(10)9(3)18-23-14/h4,6,11H,1,5,7H2,2-3H3,(H,17,19)(H,20,21). The van der Waals surface area contributed by atoms with Crippen LogP contribution >= 0.6 is 0 Å². The average Bonchev–Trinajstić information content (AvgIpc) is 2.86. The SMILES string of the molecule is C=CCOCC(NC(=O)c1cc(C)nc2onc(C)c12)C(=O)O. The van der Waals surface area contributed by atoms with E-state index in [1.165, 1.54) is 6.08 Å². The van der Waals surface area contributed by atoms with Gasteiger partial charge in [0.25, 0.3) is 11.6 Å². The summed E-state index contributed by atoms with van der Waals surface area (Å²) in [6, 6.07) is 0.386. The summed E-state index contributed by atoms with van der Waals surface area (Å²) in [5.41, 5.74) is 1.57. The highest BCUT2D eigenvalue weighted by Gasteiger charge is 2.24. The molecule has 0 saturated carbocycles. The molecule has 23 heavy (non-hydrogen) atoms. The number of carboxylic acid groups (broad SMARTS) is 1. The van der Waals surface area contributed by atoms with Gasteiger partial charge in [0.2, 0.25) is 0 Å². The molecule has 2 heterocycles. The topological polar surface area (TPSA) is 115 Å². The maximum atomic E-state index is 12.5. The largest absolute Gasteiger partial charge is 0.480 e. The van der Waals surface area contributed by atoms with E-state index in [2.05, 4.69) is 22.0 Å². The van der Waals surface area contributed by atoms with Crippen molar-refractivity contribution in [2.45, 2.75) is 19.9 Å². The van der Waals surface area contributed by atoms with Gasteiger partial charge in [-0.1, -0.05) is 11.2 Å². The van der Waals surface area contributed by atoms with E-state index in [4.69, 9.17) is 9.26 Å². The summed E-state index contributed by atoms with van der Waals surface area (Å²) in [4.78, 5) is 27.9. The fourth-order valence-corrected chi connectivity index (χ4v) is 2.08. The van der Waals surface area contributed by atoms with Crippen molar-refractivity contribution in [3.8, 4) is 0 Å². The van der Waals surface area contributed by atoms with Crippen molar-refractivity contribution < 1.29 is 24.0 Å². The van der Waals surface area contributed by atoms with Gasteiger partial charge in [-0.25, -0.2) is 9.78 Å². The number of aliphatic carboxylic acids is 1. The molecule has 0 radical (unpaired) electrons. The van der Waals surface area contributed by atoms with Crippen LogP contribution in [0.15, 0.2) is 23.2 Å². The smallest absolute Gasteiger partial charge is 0.328 e. The van der Waals surface area contributed by atoms with Crippen LogP contribution in [0, 0.1) is 13.8 Å². The Balaban J connectivity index is 2.27. The minimum Gasteiger partial charge on any atom is -0.480 e. The number of hydrogen-bond donors (Lipinski definition) is 2. The Morgan fingerprint density at radius 2 is 2.26 bits per heavy atom. The summed E-state index contributed by atoms with van der Waals surface area (Å²) in [7, 11) is 0. The molecule has 1 amide bonds. The Hall–Kier alpha value is -2.74. The zero-order valence-corrected chi connectivity index (χ0v) is 12.8. The van der Waals surface area contributed by atoms with Crippen LogP contribution in [0.4, 0.5) is 0 Å². The monoisotopic (exact) mass is 319 g/mol. The number of amides is 1. The van der Waals surface area contributed by atoms with E-state index in [1.54, 1.807) is 19.9 Å². The number of carboxylic acids is 1. The van der Waals surface area contributed by atoms with E-state index < -0.39 is 17.9 Å². The Labute approximate surface area is 132 Å². The van der Waals surface area contributed by atoms with Gasteiger partial charge in [0.1, 0.15) is 0 Å². The first-order chi connectivity index (χ1) is 10.9. The molecule has 122 valence electrons. The quantitative estimate of drug-likeness (QED) is 0.582. The van der Waals surface area contributed by atoms with E-state index in [-0.39, 0.29) is 24.5 Å². The second-order valence-electron chi connectivity index (χ2n) is 4.95. The third-order valence-electron chi connectivity index (χ3n) is 3.11. The first-order valence-electron chi connectivity index (χ1n) is 6.90. The predicted octanol–water partition coefficient (Wildman–Crippen LogP) is 1.23. The molecule has 8 nitrogen and oxygen atoms in total. The number of ether oxygens (including phenoxy) is 1. The van der Waals surface area contributed by atoms with Crippen LogP contribution in [0.3, 0.4) is 0 Å². The molecule has 0 aromatic carbocycles. The highest BCUT2D eigenvalue weighted by Crippen LogP contribution is 2.21. The normalized spacial score (nSPS) is 12.1. The minimum atomic E-state index is -1.19. The molecule has 2 rings (SSSR count). The number of nitrogens with one attached hydrogen (secondary N) is 1. The molecule has 2 aromatic heterocycles. The lowest BCUT2D eigenvalue weighted by Gasteiger charge is -2.14. The molecule has 1 unspecified atom stereocenters. The Morgan fingerprint density at radius 1 is 1.52 bits per heavy atom. The number of carbonyl (C=O) groups excluding carboxylic acids is 1. The number of aryl methyl sites for hydroxylation is 2. The predicted molar refractivity (Wildman–Crippen MR) is 81.2 cm³/mol. The van der Waals surface area contributed by atoms with Crippen molar-refractivity contribution in [3.05, 3.63) is 35.7 Å². The zero-order valence-electron chi connectivity index (χ0n) is 12.8. The highest BCUT2D eigenvalue weighted by molar-refractivity contribution is 6.07. The molecule has 2 N–H and O–H groups in total. The lowest BCUT2D eigenvalue weighted by atomic mass is 10.1. The molecule has 0 aliphatic heterocycles. The van der Waals surface area contributed by atoms with Crippen LogP contribution in [0.2, 0.25) is 0 Å². The average molecular weight is 319 g/mol. The third kappa shape index (κ3) is 3.72. The second-order valence-corrected chi connectivity index (χ2v) is 4.95. The van der Waals surface area contributed by atoms with Gasteiger partial charge in [-0.2, -0.15) is 0 Å². The number of aromatic nitrogens is 2. The van der Waals surface area contributed by atoms with Crippen LogP contribution in [0.1, 0.15) is 21.7 Å². The van der Waals surface area contributed by atoms with Gasteiger partial charge in [0, 0.05) is 5.69 Å². The molecule has 0 saturated heterocycles. The summed E-state index contributed by atoms with van der Waals surface area (Å²) >= 11 is 0. The zero-order chi connectivity index (χ0) is 17.0. The molecule has 0 aliphatic carbocycles. The maximum absolute atomic E-state index is 12.5. The fourth-order valence-electron chi connectivity index (χ4n) is 2.08. The van der Waals surface area contributed by atoms with Gasteiger partial charge in [-0.05, 0) is 19.9 Å². The van der Waals surface area contributed by atoms with E-state index in [0.717, 1.165) is 0 Å². The van der Waals surface area contributed by atoms with E-state index >= 15 is 0 Å². The number of pyridine rings is 1. The van der Waals surface area contributed by atoms with Crippen molar-refractivity contribution in [1.29, 1.82) is 0 Å². The van der Waals surface area contributed by atoms with Crippen LogP contribution in [0.25, 0.3) is 11.1 Å². The van der Waals surface area contributed by atoms with Gasteiger partial charge >= 0.3 is 5.97 Å². The second kappa shape index (κ2) is 7.01. The molecule has 0 aliphatic rings. The molecule has 0 fully saturated rings. The third-order valence-corrected chi connectivity index (χ3v) is 3.11. The number of fused-ring (bicyclic) bond motifs is 1. The van der Waals surface area contributed by atoms with Crippen molar-refractivity contribution in [1.82, 2.24) is 15.5 Å². The number of carbonyl (C=O) groups is 2. The van der Waals surface area contributed by atoms with Gasteiger partial charge in [-0.3, -0.25) is 4.79 Å². The van der Waals surface area contributed by atoms with Gasteiger partial charge in [0.05, 0.1) is 29.9 Å². The van der Waals surface area contributed by atoms with Crippen LogP contribution in [0.5, 0.6) is 0 Å². The van der Waals surface area contributed by atoms with Crippen molar-refractivity contribution >= 4 is 23.0 Å². The molecular formula is C15H17N3O5. The number of hydrogen-bond acceptors (Lipinski definition) is 6. The number of nitrogens with zero attached hydrogens (tertiary/aromatic N) is 2. The van der Waals surface area contributed by atoms with Gasteiger partial charge in [0.15, 0.2) is 6.04 Å². The molecule has 0 bridgehead atoms. The van der Waals surface area contributed by atoms with Crippen LogP contribution < -0.4 is 5.32 Å². The lowest BCUT2D eigenvalue weighted by Crippen LogP contribution is -2.44. The minimum absolute atomic E-state index is 0.164. The molecule has 0 spiro atoms.